The number of halogens is 2. The van der Waals surface area contributed by atoms with Crippen molar-refractivity contribution in [1.29, 1.82) is 0 Å². The molecule has 0 bridgehead atoms. The number of carbonyl (C=O) groups is 1. The van der Waals surface area contributed by atoms with Crippen LogP contribution in [0.1, 0.15) is 21.6 Å². The largest absolute Gasteiger partial charge is 0.399 e. The van der Waals surface area contributed by atoms with E-state index in [-0.39, 0.29) is 5.78 Å². The van der Waals surface area contributed by atoms with Gasteiger partial charge in [0.15, 0.2) is 0 Å². The molecular weight excluding hydrogens is 453 g/mol. The summed E-state index contributed by atoms with van der Waals surface area (Å²) in [5.74, 6) is -0.216. The zero-order valence-corrected chi connectivity index (χ0v) is 19.4. The molecule has 0 aliphatic carbocycles. The molecule has 4 aromatic rings. The molecule has 0 saturated heterocycles. The van der Waals surface area contributed by atoms with Crippen LogP contribution >= 0.6 is 23.2 Å². The van der Waals surface area contributed by atoms with Crippen molar-refractivity contribution < 1.29 is 4.79 Å². The molecule has 0 unspecified atom stereocenters. The maximum absolute atomic E-state index is 13.3. The molecule has 0 aliphatic heterocycles. The van der Waals surface area contributed by atoms with Crippen LogP contribution in [0.2, 0.25) is 10.0 Å². The Morgan fingerprint density at radius 1 is 0.909 bits per heavy atom. The van der Waals surface area contributed by atoms with E-state index in [1.807, 2.05) is 66.5 Å². The van der Waals surface area contributed by atoms with E-state index in [1.165, 1.54) is 0 Å². The standard InChI is InChI=1S/C27H21Cl2N3O/c1-17(30)18-13-19(24-5-3-4-6-25(24)29)15-20(14-18)27(33)26-12-11-23(16-31-26)32(2)22-9-7-21(28)8-10-22/h3-16H,1,30H2,2H3. The van der Waals surface area contributed by atoms with Crippen LogP contribution in [0, 0.1) is 0 Å². The highest BCUT2D eigenvalue weighted by molar-refractivity contribution is 6.33. The molecule has 33 heavy (non-hydrogen) atoms. The third-order valence-electron chi connectivity index (χ3n) is 5.33. The molecule has 1 heterocycles. The summed E-state index contributed by atoms with van der Waals surface area (Å²) in [5.41, 5.74) is 11.2. The maximum atomic E-state index is 13.3. The number of aromatic nitrogens is 1. The molecule has 0 fully saturated rings. The molecule has 1 aromatic heterocycles. The molecule has 0 saturated carbocycles. The number of nitrogens with two attached hydrogens (primary N) is 1. The molecule has 3 aromatic carbocycles. The van der Waals surface area contributed by atoms with E-state index in [9.17, 15) is 4.79 Å². The van der Waals surface area contributed by atoms with Crippen molar-refractivity contribution in [1.82, 2.24) is 4.98 Å². The summed E-state index contributed by atoms with van der Waals surface area (Å²) in [6, 6.07) is 23.9. The summed E-state index contributed by atoms with van der Waals surface area (Å²) < 4.78 is 0. The van der Waals surface area contributed by atoms with Gasteiger partial charge < -0.3 is 10.6 Å². The van der Waals surface area contributed by atoms with Gasteiger partial charge in [0, 0.05) is 39.6 Å². The van der Waals surface area contributed by atoms with Crippen molar-refractivity contribution in [3.05, 3.63) is 119 Å². The highest BCUT2D eigenvalue weighted by Crippen LogP contribution is 2.31. The van der Waals surface area contributed by atoms with E-state index in [1.54, 1.807) is 30.5 Å². The minimum atomic E-state index is -0.216. The minimum absolute atomic E-state index is 0.216. The number of ketones is 1. The van der Waals surface area contributed by atoms with Crippen LogP contribution in [-0.4, -0.2) is 17.8 Å². The van der Waals surface area contributed by atoms with Gasteiger partial charge in [-0.3, -0.25) is 9.78 Å². The van der Waals surface area contributed by atoms with E-state index in [4.69, 9.17) is 28.9 Å². The first-order valence-electron chi connectivity index (χ1n) is 10.2. The second kappa shape index (κ2) is 9.49. The van der Waals surface area contributed by atoms with Crippen LogP contribution in [0.3, 0.4) is 0 Å². The number of anilines is 2. The third kappa shape index (κ3) is 4.92. The lowest BCUT2D eigenvalue weighted by molar-refractivity contribution is 0.103. The molecular formula is C27H21Cl2N3O. The van der Waals surface area contributed by atoms with Gasteiger partial charge in [-0.05, 0) is 71.8 Å². The summed E-state index contributed by atoms with van der Waals surface area (Å²) in [5, 5.41) is 1.26. The van der Waals surface area contributed by atoms with Gasteiger partial charge in [0.25, 0.3) is 0 Å². The van der Waals surface area contributed by atoms with Crippen LogP contribution in [0.4, 0.5) is 11.4 Å². The van der Waals surface area contributed by atoms with E-state index in [0.29, 0.717) is 32.6 Å². The zero-order chi connectivity index (χ0) is 23.5. The highest BCUT2D eigenvalue weighted by atomic mass is 35.5. The maximum Gasteiger partial charge on any atom is 0.211 e. The van der Waals surface area contributed by atoms with E-state index in [0.717, 1.165) is 22.5 Å². The average Bonchev–Trinajstić information content (AvgIpc) is 2.83. The first-order valence-corrected chi connectivity index (χ1v) is 10.9. The quantitative estimate of drug-likeness (QED) is 0.306. The van der Waals surface area contributed by atoms with Crippen LogP contribution in [-0.2, 0) is 0 Å². The number of hydrogen-bond donors (Lipinski definition) is 1. The van der Waals surface area contributed by atoms with Gasteiger partial charge in [-0.15, -0.1) is 0 Å². The van der Waals surface area contributed by atoms with Crippen molar-refractivity contribution in [2.24, 2.45) is 5.73 Å². The summed E-state index contributed by atoms with van der Waals surface area (Å²) in [4.78, 5) is 19.7. The zero-order valence-electron chi connectivity index (χ0n) is 17.9. The van der Waals surface area contributed by atoms with Gasteiger partial charge >= 0.3 is 0 Å². The first kappa shape index (κ1) is 22.6. The second-order valence-corrected chi connectivity index (χ2v) is 8.41. The predicted octanol–water partition coefficient (Wildman–Crippen LogP) is 6.98. The summed E-state index contributed by atoms with van der Waals surface area (Å²) >= 11 is 12.4. The van der Waals surface area contributed by atoms with Crippen molar-refractivity contribution in [3.8, 4) is 11.1 Å². The fraction of sp³-hybridized carbons (Fsp3) is 0.0370. The SMILES string of the molecule is C=C(N)c1cc(C(=O)c2ccc(N(C)c3ccc(Cl)cc3)cn2)cc(-c2ccccc2Cl)c1. The van der Waals surface area contributed by atoms with Crippen LogP contribution in [0.25, 0.3) is 16.8 Å². The summed E-state index contributed by atoms with van der Waals surface area (Å²) in [6.45, 7) is 3.83. The third-order valence-corrected chi connectivity index (χ3v) is 5.91. The Bertz CT molecular complexity index is 1330. The van der Waals surface area contributed by atoms with E-state index < -0.39 is 0 Å². The molecule has 0 aliphatic rings. The lowest BCUT2D eigenvalue weighted by Gasteiger charge is -2.19. The van der Waals surface area contributed by atoms with Gasteiger partial charge in [0.1, 0.15) is 5.69 Å². The molecule has 164 valence electrons. The Morgan fingerprint density at radius 3 is 2.21 bits per heavy atom. The molecule has 6 heteroatoms. The van der Waals surface area contributed by atoms with Crippen LogP contribution < -0.4 is 10.6 Å². The molecule has 0 atom stereocenters. The smallest absolute Gasteiger partial charge is 0.211 e. The average molecular weight is 474 g/mol. The van der Waals surface area contributed by atoms with E-state index >= 15 is 0 Å². The van der Waals surface area contributed by atoms with Crippen molar-refractivity contribution in [2.75, 3.05) is 11.9 Å². The number of carbonyl (C=O) groups excluding carboxylic acids is 1. The molecule has 0 radical (unpaired) electrons. The summed E-state index contributed by atoms with van der Waals surface area (Å²) in [6.07, 6.45) is 1.67. The fourth-order valence-electron chi connectivity index (χ4n) is 3.48. The summed E-state index contributed by atoms with van der Waals surface area (Å²) in [7, 11) is 1.92. The lowest BCUT2D eigenvalue weighted by atomic mass is 9.96. The molecule has 0 amide bonds. The number of nitrogens with zero attached hydrogens (tertiary/aromatic N) is 2. The predicted molar refractivity (Wildman–Crippen MR) is 137 cm³/mol. The number of pyridine rings is 1. The fourth-order valence-corrected chi connectivity index (χ4v) is 3.85. The van der Waals surface area contributed by atoms with Gasteiger partial charge in [0.2, 0.25) is 5.78 Å². The second-order valence-electron chi connectivity index (χ2n) is 7.57. The van der Waals surface area contributed by atoms with Gasteiger partial charge in [-0.1, -0.05) is 48.0 Å². The lowest BCUT2D eigenvalue weighted by Crippen LogP contribution is -2.11. The Balaban J connectivity index is 1.67. The Hall–Kier alpha value is -3.60. The first-order chi connectivity index (χ1) is 15.8. The van der Waals surface area contributed by atoms with Crippen LogP contribution in [0.15, 0.2) is 91.6 Å². The molecule has 2 N–H and O–H groups in total. The minimum Gasteiger partial charge on any atom is -0.399 e. The van der Waals surface area contributed by atoms with Gasteiger partial charge in [0.05, 0.1) is 11.9 Å². The molecule has 4 rings (SSSR count). The van der Waals surface area contributed by atoms with Gasteiger partial charge in [-0.2, -0.15) is 0 Å². The van der Waals surface area contributed by atoms with Crippen molar-refractivity contribution in [3.63, 3.8) is 0 Å². The Labute approximate surface area is 202 Å². The van der Waals surface area contributed by atoms with Crippen molar-refractivity contribution >= 4 is 46.1 Å². The van der Waals surface area contributed by atoms with Gasteiger partial charge in [-0.25, -0.2) is 0 Å². The van der Waals surface area contributed by atoms with Crippen LogP contribution in [0.5, 0.6) is 0 Å². The van der Waals surface area contributed by atoms with E-state index in [2.05, 4.69) is 11.6 Å². The highest BCUT2D eigenvalue weighted by Gasteiger charge is 2.16. The van der Waals surface area contributed by atoms with Crippen molar-refractivity contribution in [2.45, 2.75) is 0 Å². The number of benzene rings is 3. The molecule has 0 spiro atoms. The topological polar surface area (TPSA) is 59.2 Å². The molecule has 4 nitrogen and oxygen atoms in total. The Kier molecular flexibility index (Phi) is 6.50. The number of rotatable bonds is 6. The Morgan fingerprint density at radius 2 is 1.58 bits per heavy atom. The number of hydrogen-bond acceptors (Lipinski definition) is 4. The normalized spacial score (nSPS) is 10.6. The monoisotopic (exact) mass is 473 g/mol.